The van der Waals surface area contributed by atoms with Gasteiger partial charge in [-0.1, -0.05) is 6.07 Å². The number of anilines is 2. The molecule has 8 nitrogen and oxygen atoms in total. The number of methoxy groups -OCH3 is 1. The first kappa shape index (κ1) is 18.0. The van der Waals surface area contributed by atoms with Crippen LogP contribution in [0.15, 0.2) is 60.9 Å². The fourth-order valence-electron chi connectivity index (χ4n) is 2.34. The quantitative estimate of drug-likeness (QED) is 0.538. The average molecular weight is 365 g/mol. The fourth-order valence-corrected chi connectivity index (χ4v) is 2.34. The van der Waals surface area contributed by atoms with E-state index < -0.39 is 0 Å². The van der Waals surface area contributed by atoms with Crippen molar-refractivity contribution in [2.24, 2.45) is 0 Å². The summed E-state index contributed by atoms with van der Waals surface area (Å²) in [6.07, 6.45) is 3.34. The molecular formula is C19H19N5O3. The Morgan fingerprint density at radius 3 is 2.59 bits per heavy atom. The number of amides is 3. The highest BCUT2D eigenvalue weighted by molar-refractivity contribution is 6.04. The minimum absolute atomic E-state index is 0.251. The largest absolute Gasteiger partial charge is 0.497 e. The van der Waals surface area contributed by atoms with Gasteiger partial charge in [-0.05, 0) is 36.4 Å². The Balaban J connectivity index is 1.54. The lowest BCUT2D eigenvalue weighted by molar-refractivity contribution is 0.102. The number of urea groups is 1. The Kier molecular flexibility index (Phi) is 5.68. The molecule has 8 heteroatoms. The molecular weight excluding hydrogens is 346 g/mol. The zero-order chi connectivity index (χ0) is 19.1. The fraction of sp³-hybridized carbons (Fsp3) is 0.105. The summed E-state index contributed by atoms with van der Waals surface area (Å²) in [6.45, 7) is 0.364. The number of carbonyl (C=O) groups is 2. The molecule has 0 saturated carbocycles. The Morgan fingerprint density at radius 2 is 1.89 bits per heavy atom. The summed E-state index contributed by atoms with van der Waals surface area (Å²) in [4.78, 5) is 24.2. The molecule has 0 bridgehead atoms. The van der Waals surface area contributed by atoms with Crippen molar-refractivity contribution in [1.29, 1.82) is 0 Å². The Morgan fingerprint density at radius 1 is 1.07 bits per heavy atom. The Hall–Kier alpha value is -3.81. The first-order valence-electron chi connectivity index (χ1n) is 8.22. The summed E-state index contributed by atoms with van der Waals surface area (Å²) < 4.78 is 5.14. The topological polar surface area (TPSA) is 108 Å². The second-order valence-corrected chi connectivity index (χ2v) is 5.68. The van der Waals surface area contributed by atoms with Gasteiger partial charge in [0.25, 0.3) is 5.91 Å². The summed E-state index contributed by atoms with van der Waals surface area (Å²) in [5.74, 6) is 0.410. The molecule has 0 aliphatic rings. The van der Waals surface area contributed by atoms with Gasteiger partial charge in [-0.25, -0.2) is 4.79 Å². The number of hydrogen-bond donors (Lipinski definition) is 4. The standard InChI is InChI=1S/C19H19N5O3/c1-27-17-4-2-3-16(9-17)23-18(25)14-5-7-15(8-6-14)24-19(26)20-10-13-11-21-22-12-13/h2-9,11-12H,10H2,1H3,(H,21,22)(H,23,25)(H2,20,24,26). The van der Waals surface area contributed by atoms with Crippen molar-refractivity contribution in [1.82, 2.24) is 15.5 Å². The van der Waals surface area contributed by atoms with Crippen molar-refractivity contribution in [2.75, 3.05) is 17.7 Å². The van der Waals surface area contributed by atoms with E-state index in [-0.39, 0.29) is 11.9 Å². The summed E-state index contributed by atoms with van der Waals surface area (Å²) in [5.41, 5.74) is 2.56. The van der Waals surface area contributed by atoms with E-state index in [9.17, 15) is 9.59 Å². The van der Waals surface area contributed by atoms with E-state index >= 15 is 0 Å². The maximum Gasteiger partial charge on any atom is 0.319 e. The van der Waals surface area contributed by atoms with Crippen LogP contribution in [-0.2, 0) is 6.54 Å². The van der Waals surface area contributed by atoms with Crippen molar-refractivity contribution in [2.45, 2.75) is 6.54 Å². The maximum absolute atomic E-state index is 12.3. The molecule has 0 fully saturated rings. The molecule has 0 aliphatic carbocycles. The third-order valence-corrected chi connectivity index (χ3v) is 3.74. The molecule has 0 aliphatic heterocycles. The van der Waals surface area contributed by atoms with Crippen molar-refractivity contribution >= 4 is 23.3 Å². The molecule has 3 aromatic rings. The van der Waals surface area contributed by atoms with Crippen molar-refractivity contribution in [3.63, 3.8) is 0 Å². The van der Waals surface area contributed by atoms with E-state index in [1.807, 2.05) is 0 Å². The third kappa shape index (κ3) is 5.08. The van der Waals surface area contributed by atoms with Crippen molar-refractivity contribution < 1.29 is 14.3 Å². The number of carbonyl (C=O) groups excluding carboxylic acids is 2. The second kappa shape index (κ2) is 8.52. The summed E-state index contributed by atoms with van der Waals surface area (Å²) in [5, 5.41) is 14.7. The number of aromatic amines is 1. The predicted molar refractivity (Wildman–Crippen MR) is 102 cm³/mol. The summed E-state index contributed by atoms with van der Waals surface area (Å²) >= 11 is 0. The van der Waals surface area contributed by atoms with Crippen LogP contribution in [0.3, 0.4) is 0 Å². The second-order valence-electron chi connectivity index (χ2n) is 5.68. The smallest absolute Gasteiger partial charge is 0.319 e. The lowest BCUT2D eigenvalue weighted by Gasteiger charge is -2.09. The molecule has 3 rings (SSSR count). The van der Waals surface area contributed by atoms with E-state index in [1.165, 1.54) is 0 Å². The Labute approximate surface area is 155 Å². The van der Waals surface area contributed by atoms with Gasteiger partial charge in [-0.2, -0.15) is 5.10 Å². The molecule has 2 aromatic carbocycles. The maximum atomic E-state index is 12.3. The van der Waals surface area contributed by atoms with E-state index in [2.05, 4.69) is 26.1 Å². The zero-order valence-electron chi connectivity index (χ0n) is 14.7. The van der Waals surface area contributed by atoms with Crippen LogP contribution in [0.1, 0.15) is 15.9 Å². The van der Waals surface area contributed by atoms with Gasteiger partial charge in [0.15, 0.2) is 0 Å². The lowest BCUT2D eigenvalue weighted by Crippen LogP contribution is -2.28. The van der Waals surface area contributed by atoms with Crippen LogP contribution in [-0.4, -0.2) is 29.2 Å². The van der Waals surface area contributed by atoms with E-state index in [0.29, 0.717) is 29.2 Å². The Bertz CT molecular complexity index is 907. The molecule has 138 valence electrons. The van der Waals surface area contributed by atoms with E-state index in [0.717, 1.165) is 5.56 Å². The molecule has 3 amide bonds. The normalized spacial score (nSPS) is 10.1. The highest BCUT2D eigenvalue weighted by atomic mass is 16.5. The van der Waals surface area contributed by atoms with Crippen molar-refractivity contribution in [3.05, 3.63) is 72.1 Å². The van der Waals surface area contributed by atoms with Crippen molar-refractivity contribution in [3.8, 4) is 5.75 Å². The molecule has 4 N–H and O–H groups in total. The van der Waals surface area contributed by atoms with E-state index in [1.54, 1.807) is 68.0 Å². The molecule has 0 unspecified atom stereocenters. The van der Waals surface area contributed by atoms with Gasteiger partial charge in [0.1, 0.15) is 5.75 Å². The lowest BCUT2D eigenvalue weighted by atomic mass is 10.2. The summed E-state index contributed by atoms with van der Waals surface area (Å²) in [6, 6.07) is 13.4. The molecule has 0 atom stereocenters. The minimum atomic E-state index is -0.343. The number of hydrogen-bond acceptors (Lipinski definition) is 4. The predicted octanol–water partition coefficient (Wildman–Crippen LogP) is 2.99. The van der Waals surface area contributed by atoms with Crippen LogP contribution >= 0.6 is 0 Å². The number of benzene rings is 2. The number of aromatic nitrogens is 2. The number of ether oxygens (including phenoxy) is 1. The van der Waals surface area contributed by atoms with E-state index in [4.69, 9.17) is 4.74 Å². The average Bonchev–Trinajstić information content (AvgIpc) is 3.21. The van der Waals surface area contributed by atoms with Gasteiger partial charge in [0, 0.05) is 41.3 Å². The van der Waals surface area contributed by atoms with Gasteiger partial charge in [-0.3, -0.25) is 9.89 Å². The van der Waals surface area contributed by atoms with Gasteiger partial charge >= 0.3 is 6.03 Å². The molecule has 27 heavy (non-hydrogen) atoms. The molecule has 1 heterocycles. The number of nitrogens with zero attached hydrogens (tertiary/aromatic N) is 1. The van der Waals surface area contributed by atoms with Gasteiger partial charge in [0.05, 0.1) is 13.3 Å². The van der Waals surface area contributed by atoms with Crippen LogP contribution in [0.4, 0.5) is 16.2 Å². The number of H-pyrrole nitrogens is 1. The molecule has 0 saturated heterocycles. The SMILES string of the molecule is COc1cccc(NC(=O)c2ccc(NC(=O)NCc3cn[nH]c3)cc2)c1. The van der Waals surface area contributed by atoms with Crippen LogP contribution in [0.2, 0.25) is 0 Å². The monoisotopic (exact) mass is 365 g/mol. The van der Waals surface area contributed by atoms with Gasteiger partial charge in [-0.15, -0.1) is 0 Å². The van der Waals surface area contributed by atoms with Crippen LogP contribution in [0.25, 0.3) is 0 Å². The number of nitrogens with one attached hydrogen (secondary N) is 4. The van der Waals surface area contributed by atoms with Crippen LogP contribution in [0, 0.1) is 0 Å². The highest BCUT2D eigenvalue weighted by Crippen LogP contribution is 2.18. The minimum Gasteiger partial charge on any atom is -0.497 e. The molecule has 0 spiro atoms. The first-order chi connectivity index (χ1) is 13.1. The van der Waals surface area contributed by atoms with Gasteiger partial charge < -0.3 is 20.7 Å². The van der Waals surface area contributed by atoms with Crippen LogP contribution < -0.4 is 20.7 Å². The van der Waals surface area contributed by atoms with Crippen LogP contribution in [0.5, 0.6) is 5.75 Å². The zero-order valence-corrected chi connectivity index (χ0v) is 14.7. The third-order valence-electron chi connectivity index (χ3n) is 3.74. The molecule has 1 aromatic heterocycles. The first-order valence-corrected chi connectivity index (χ1v) is 8.22. The highest BCUT2D eigenvalue weighted by Gasteiger charge is 2.08. The summed E-state index contributed by atoms with van der Waals surface area (Å²) in [7, 11) is 1.57. The molecule has 0 radical (unpaired) electrons. The van der Waals surface area contributed by atoms with Gasteiger partial charge in [0.2, 0.25) is 0 Å². The number of rotatable bonds is 6.